The third-order valence-electron chi connectivity index (χ3n) is 3.97. The Morgan fingerprint density at radius 1 is 1.32 bits per heavy atom. The highest BCUT2D eigenvalue weighted by atomic mass is 19.1. The zero-order chi connectivity index (χ0) is 17.8. The second-order valence-corrected chi connectivity index (χ2v) is 5.64. The number of carboxylic acid groups (broad SMARTS) is 1. The van der Waals surface area contributed by atoms with Gasteiger partial charge in [-0.15, -0.1) is 0 Å². The number of aryl methyl sites for hydroxylation is 1. The molecule has 1 aliphatic heterocycles. The number of carbonyl (C=O) groups excluding carboxylic acids is 1. The maximum atomic E-state index is 12.9. The van der Waals surface area contributed by atoms with Crippen LogP contribution in [-0.2, 0) is 20.7 Å². The Kier molecular flexibility index (Phi) is 5.08. The van der Waals surface area contributed by atoms with Gasteiger partial charge in [-0.05, 0) is 24.3 Å². The molecule has 1 amide bonds. The first-order chi connectivity index (χ1) is 12.0. The van der Waals surface area contributed by atoms with Crippen molar-refractivity contribution in [1.29, 1.82) is 0 Å². The number of rotatable bonds is 5. The van der Waals surface area contributed by atoms with Crippen LogP contribution in [0.2, 0.25) is 0 Å². The fourth-order valence-electron chi connectivity index (χ4n) is 2.64. The summed E-state index contributed by atoms with van der Waals surface area (Å²) in [6.45, 7) is 0.570. The van der Waals surface area contributed by atoms with Crippen molar-refractivity contribution in [2.24, 2.45) is 0 Å². The quantitative estimate of drug-likeness (QED) is 0.884. The van der Waals surface area contributed by atoms with Crippen molar-refractivity contribution in [2.45, 2.75) is 18.9 Å². The zero-order valence-corrected chi connectivity index (χ0v) is 13.4. The number of morpholine rings is 1. The maximum Gasteiger partial charge on any atom is 0.328 e. The Morgan fingerprint density at radius 2 is 2.08 bits per heavy atom. The van der Waals surface area contributed by atoms with Crippen molar-refractivity contribution in [3.05, 3.63) is 42.2 Å². The predicted molar refractivity (Wildman–Crippen MR) is 84.2 cm³/mol. The Bertz CT molecular complexity index is 759. The lowest BCUT2D eigenvalue weighted by atomic mass is 10.2. The molecule has 1 aromatic heterocycles. The van der Waals surface area contributed by atoms with E-state index in [1.807, 2.05) is 0 Å². The summed E-state index contributed by atoms with van der Waals surface area (Å²) in [5.41, 5.74) is 0.686. The lowest BCUT2D eigenvalue weighted by molar-refractivity contribution is -0.158. The van der Waals surface area contributed by atoms with Gasteiger partial charge >= 0.3 is 5.97 Å². The highest BCUT2D eigenvalue weighted by Gasteiger charge is 2.32. The second kappa shape index (κ2) is 7.43. The van der Waals surface area contributed by atoms with E-state index in [-0.39, 0.29) is 37.7 Å². The number of ether oxygens (including phenoxy) is 1. The van der Waals surface area contributed by atoms with Gasteiger partial charge in [-0.25, -0.2) is 14.2 Å². The maximum absolute atomic E-state index is 12.9. The van der Waals surface area contributed by atoms with E-state index < -0.39 is 12.0 Å². The third kappa shape index (κ3) is 4.03. The van der Waals surface area contributed by atoms with Crippen molar-refractivity contribution >= 4 is 11.9 Å². The molecule has 132 valence electrons. The molecule has 1 aromatic carbocycles. The minimum atomic E-state index is -1.08. The van der Waals surface area contributed by atoms with Crippen LogP contribution < -0.4 is 0 Å². The minimum Gasteiger partial charge on any atom is -0.480 e. The monoisotopic (exact) mass is 348 g/mol. The van der Waals surface area contributed by atoms with Gasteiger partial charge in [0.25, 0.3) is 0 Å². The molecule has 1 unspecified atom stereocenters. The van der Waals surface area contributed by atoms with Crippen LogP contribution in [0.3, 0.4) is 0 Å². The normalized spacial score (nSPS) is 17.5. The summed E-state index contributed by atoms with van der Waals surface area (Å²) in [6.07, 6.45) is 1.86. The molecule has 1 atom stereocenters. The largest absolute Gasteiger partial charge is 0.480 e. The first-order valence-electron chi connectivity index (χ1n) is 7.85. The van der Waals surface area contributed by atoms with Gasteiger partial charge in [0.05, 0.1) is 19.4 Å². The highest BCUT2D eigenvalue weighted by molar-refractivity contribution is 5.84. The summed E-state index contributed by atoms with van der Waals surface area (Å²) < 4.78 is 23.6. The molecule has 3 rings (SSSR count). The van der Waals surface area contributed by atoms with Crippen LogP contribution in [0.1, 0.15) is 12.3 Å². The van der Waals surface area contributed by atoms with Crippen LogP contribution >= 0.6 is 0 Å². The summed E-state index contributed by atoms with van der Waals surface area (Å²) >= 11 is 0. The van der Waals surface area contributed by atoms with Crippen molar-refractivity contribution in [1.82, 2.24) is 9.88 Å². The molecule has 1 fully saturated rings. The third-order valence-corrected chi connectivity index (χ3v) is 3.97. The van der Waals surface area contributed by atoms with Gasteiger partial charge in [0.2, 0.25) is 5.91 Å². The number of nitrogens with zero attached hydrogens (tertiary/aromatic N) is 2. The molecule has 0 spiro atoms. The highest BCUT2D eigenvalue weighted by Crippen LogP contribution is 2.21. The summed E-state index contributed by atoms with van der Waals surface area (Å²) in [5.74, 6) is -0.849. The van der Waals surface area contributed by atoms with Crippen LogP contribution in [0.4, 0.5) is 4.39 Å². The average Bonchev–Trinajstić information content (AvgIpc) is 3.09. The van der Waals surface area contributed by atoms with Gasteiger partial charge in [0.1, 0.15) is 5.82 Å². The van der Waals surface area contributed by atoms with E-state index in [1.165, 1.54) is 23.2 Å². The van der Waals surface area contributed by atoms with E-state index in [9.17, 15) is 14.0 Å². The molecule has 8 heteroatoms. The topological polar surface area (TPSA) is 92.9 Å². The summed E-state index contributed by atoms with van der Waals surface area (Å²) in [6, 6.07) is 4.85. The number of hydrogen-bond donors (Lipinski definition) is 1. The zero-order valence-electron chi connectivity index (χ0n) is 13.4. The molecule has 1 N–H and O–H groups in total. The van der Waals surface area contributed by atoms with E-state index in [4.69, 9.17) is 14.3 Å². The minimum absolute atomic E-state index is 0.00517. The Morgan fingerprint density at radius 3 is 2.80 bits per heavy atom. The summed E-state index contributed by atoms with van der Waals surface area (Å²) in [5, 5.41) is 9.16. The van der Waals surface area contributed by atoms with Crippen molar-refractivity contribution in [2.75, 3.05) is 19.8 Å². The molecular formula is C17H17FN2O5. The van der Waals surface area contributed by atoms with Crippen LogP contribution in [0, 0.1) is 5.82 Å². The van der Waals surface area contributed by atoms with Gasteiger partial charge in [-0.3, -0.25) is 4.79 Å². The number of carbonyl (C=O) groups is 2. The van der Waals surface area contributed by atoms with Gasteiger partial charge in [0, 0.05) is 24.9 Å². The molecular weight excluding hydrogens is 331 g/mol. The number of aliphatic carboxylic acids is 1. The van der Waals surface area contributed by atoms with Gasteiger partial charge < -0.3 is 19.2 Å². The molecule has 2 heterocycles. The number of carboxylic acids is 1. The predicted octanol–water partition coefficient (Wildman–Crippen LogP) is 1.73. The lowest BCUT2D eigenvalue weighted by Gasteiger charge is -2.32. The number of halogens is 1. The lowest BCUT2D eigenvalue weighted by Crippen LogP contribution is -2.52. The Labute approximate surface area is 143 Å². The fraction of sp³-hybridized carbons (Fsp3) is 0.353. The Balaban J connectivity index is 1.61. The first kappa shape index (κ1) is 17.1. The van der Waals surface area contributed by atoms with E-state index in [2.05, 4.69) is 4.98 Å². The molecule has 7 nitrogen and oxygen atoms in total. The van der Waals surface area contributed by atoms with E-state index in [0.717, 1.165) is 0 Å². The molecule has 1 aliphatic rings. The van der Waals surface area contributed by atoms with Gasteiger partial charge in [0.15, 0.2) is 17.7 Å². The average molecular weight is 348 g/mol. The molecule has 0 radical (unpaired) electrons. The smallest absolute Gasteiger partial charge is 0.328 e. The number of benzene rings is 1. The SMILES string of the molecule is O=C(O)C1COCCN1C(=O)CCc1ncc(-c2ccc(F)cc2)o1. The molecule has 1 saturated heterocycles. The van der Waals surface area contributed by atoms with Crippen molar-refractivity contribution < 1.29 is 28.2 Å². The van der Waals surface area contributed by atoms with Crippen LogP contribution in [0.5, 0.6) is 0 Å². The number of aromatic nitrogens is 1. The molecule has 0 aliphatic carbocycles. The standard InChI is InChI=1S/C17H17FN2O5/c18-12-3-1-11(2-4-12)14-9-19-15(25-14)5-6-16(21)20-7-8-24-10-13(20)17(22)23/h1-4,9,13H,5-8,10H2,(H,22,23). The van der Waals surface area contributed by atoms with E-state index in [0.29, 0.717) is 23.8 Å². The molecule has 25 heavy (non-hydrogen) atoms. The molecule has 2 aromatic rings. The summed E-state index contributed by atoms with van der Waals surface area (Å²) in [7, 11) is 0. The first-order valence-corrected chi connectivity index (χ1v) is 7.85. The van der Waals surface area contributed by atoms with Gasteiger partial charge in [-0.1, -0.05) is 0 Å². The number of oxazole rings is 1. The molecule has 0 bridgehead atoms. The fourth-order valence-corrected chi connectivity index (χ4v) is 2.64. The van der Waals surface area contributed by atoms with Gasteiger partial charge in [-0.2, -0.15) is 0 Å². The molecule has 0 saturated carbocycles. The van der Waals surface area contributed by atoms with E-state index >= 15 is 0 Å². The van der Waals surface area contributed by atoms with Crippen LogP contribution in [0.15, 0.2) is 34.9 Å². The Hall–Kier alpha value is -2.74. The van der Waals surface area contributed by atoms with E-state index in [1.54, 1.807) is 12.1 Å². The van der Waals surface area contributed by atoms with Crippen molar-refractivity contribution in [3.63, 3.8) is 0 Å². The number of hydrogen-bond acceptors (Lipinski definition) is 5. The van der Waals surface area contributed by atoms with Crippen molar-refractivity contribution in [3.8, 4) is 11.3 Å². The second-order valence-electron chi connectivity index (χ2n) is 5.64. The van der Waals surface area contributed by atoms with Crippen LogP contribution in [0.25, 0.3) is 11.3 Å². The summed E-state index contributed by atoms with van der Waals surface area (Å²) in [4.78, 5) is 28.9. The number of amides is 1. The van der Waals surface area contributed by atoms with Crippen LogP contribution in [-0.4, -0.2) is 52.7 Å².